The second-order valence-electron chi connectivity index (χ2n) is 4.80. The number of aromatic nitrogens is 3. The molecule has 106 valence electrons. The second kappa shape index (κ2) is 5.80. The smallest absolute Gasteiger partial charge is 0.238 e. The fourth-order valence-electron chi connectivity index (χ4n) is 2.27. The molecule has 2 atom stereocenters. The Kier molecular flexibility index (Phi) is 3.88. The molecular weight excluding hydrogens is 274 g/mol. The minimum atomic E-state index is -0.173. The van der Waals surface area contributed by atoms with Crippen LogP contribution in [0, 0.1) is 0 Å². The van der Waals surface area contributed by atoms with Crippen LogP contribution in [-0.2, 0) is 4.79 Å². The molecule has 3 rings (SSSR count). The van der Waals surface area contributed by atoms with Crippen LogP contribution in [-0.4, -0.2) is 44.6 Å². The number of amides is 1. The van der Waals surface area contributed by atoms with E-state index in [1.165, 1.54) is 0 Å². The SMILES string of the molecule is CC(NC(=O)C1CSCCN1)c1nnc2ccccn12. The zero-order chi connectivity index (χ0) is 13.9. The number of rotatable bonds is 3. The molecule has 0 bridgehead atoms. The first-order chi connectivity index (χ1) is 9.75. The number of carbonyl (C=O) groups excluding carboxylic acids is 1. The summed E-state index contributed by atoms with van der Waals surface area (Å²) in [5.74, 6) is 2.66. The molecule has 0 spiro atoms. The third-order valence-electron chi connectivity index (χ3n) is 3.32. The van der Waals surface area contributed by atoms with Gasteiger partial charge in [0.15, 0.2) is 11.5 Å². The minimum absolute atomic E-state index is 0.0254. The maximum atomic E-state index is 12.2. The highest BCUT2D eigenvalue weighted by molar-refractivity contribution is 7.99. The van der Waals surface area contributed by atoms with Gasteiger partial charge in [0.25, 0.3) is 0 Å². The Morgan fingerprint density at radius 2 is 2.45 bits per heavy atom. The monoisotopic (exact) mass is 291 g/mol. The summed E-state index contributed by atoms with van der Waals surface area (Å²) < 4.78 is 1.90. The first-order valence-electron chi connectivity index (χ1n) is 6.67. The van der Waals surface area contributed by atoms with E-state index in [0.29, 0.717) is 0 Å². The molecule has 1 amide bonds. The number of pyridine rings is 1. The molecule has 1 fully saturated rings. The molecule has 1 saturated heterocycles. The average Bonchev–Trinajstić information content (AvgIpc) is 2.92. The Bertz CT molecular complexity index is 608. The van der Waals surface area contributed by atoms with Gasteiger partial charge in [0.2, 0.25) is 5.91 Å². The molecule has 2 unspecified atom stereocenters. The van der Waals surface area contributed by atoms with Crippen molar-refractivity contribution in [2.45, 2.75) is 19.0 Å². The van der Waals surface area contributed by atoms with E-state index in [1.807, 2.05) is 35.7 Å². The molecule has 1 aliphatic rings. The molecule has 0 saturated carbocycles. The summed E-state index contributed by atoms with van der Waals surface area (Å²) >= 11 is 1.80. The van der Waals surface area contributed by atoms with Crippen molar-refractivity contribution in [3.8, 4) is 0 Å². The van der Waals surface area contributed by atoms with E-state index in [2.05, 4.69) is 20.8 Å². The van der Waals surface area contributed by atoms with E-state index in [-0.39, 0.29) is 18.0 Å². The number of thioether (sulfide) groups is 1. The van der Waals surface area contributed by atoms with Gasteiger partial charge in [-0.2, -0.15) is 11.8 Å². The lowest BCUT2D eigenvalue weighted by Gasteiger charge is -2.23. The molecule has 2 N–H and O–H groups in total. The van der Waals surface area contributed by atoms with Gasteiger partial charge in [0, 0.05) is 24.2 Å². The lowest BCUT2D eigenvalue weighted by atomic mass is 10.2. The number of fused-ring (bicyclic) bond motifs is 1. The Morgan fingerprint density at radius 1 is 1.55 bits per heavy atom. The topological polar surface area (TPSA) is 71.3 Å². The molecule has 7 heteroatoms. The van der Waals surface area contributed by atoms with E-state index in [4.69, 9.17) is 0 Å². The largest absolute Gasteiger partial charge is 0.345 e. The number of hydrogen-bond acceptors (Lipinski definition) is 5. The molecule has 1 aliphatic heterocycles. The summed E-state index contributed by atoms with van der Waals surface area (Å²) in [6, 6.07) is 5.45. The second-order valence-corrected chi connectivity index (χ2v) is 5.95. The molecule has 2 aromatic rings. The van der Waals surface area contributed by atoms with Crippen molar-refractivity contribution in [3.63, 3.8) is 0 Å². The molecule has 20 heavy (non-hydrogen) atoms. The van der Waals surface area contributed by atoms with Crippen LogP contribution in [0.5, 0.6) is 0 Å². The van der Waals surface area contributed by atoms with E-state index < -0.39 is 0 Å². The zero-order valence-electron chi connectivity index (χ0n) is 11.2. The first kappa shape index (κ1) is 13.4. The first-order valence-corrected chi connectivity index (χ1v) is 7.82. The highest BCUT2D eigenvalue weighted by Gasteiger charge is 2.23. The Morgan fingerprint density at radius 3 is 3.25 bits per heavy atom. The van der Waals surface area contributed by atoms with Gasteiger partial charge in [0.1, 0.15) is 0 Å². The van der Waals surface area contributed by atoms with E-state index in [9.17, 15) is 4.79 Å². The Balaban J connectivity index is 1.72. The molecule has 0 aliphatic carbocycles. The molecule has 2 aromatic heterocycles. The summed E-state index contributed by atoms with van der Waals surface area (Å²) in [7, 11) is 0. The number of nitrogens with zero attached hydrogens (tertiary/aromatic N) is 3. The quantitative estimate of drug-likeness (QED) is 0.867. The van der Waals surface area contributed by atoms with Crippen LogP contribution in [0.25, 0.3) is 5.65 Å². The predicted octanol–water partition coefficient (Wildman–Crippen LogP) is 0.611. The standard InChI is InChI=1S/C13H17N5OS/c1-9(15-13(19)10-8-20-7-5-14-10)12-17-16-11-4-2-3-6-18(11)12/h2-4,6,9-10,14H,5,7-8H2,1H3,(H,15,19). The summed E-state index contributed by atoms with van der Waals surface area (Å²) in [6.07, 6.45) is 1.90. The van der Waals surface area contributed by atoms with Gasteiger partial charge in [-0.3, -0.25) is 9.20 Å². The molecule has 0 radical (unpaired) electrons. The van der Waals surface area contributed by atoms with Gasteiger partial charge in [-0.25, -0.2) is 0 Å². The number of hydrogen-bond donors (Lipinski definition) is 2. The van der Waals surface area contributed by atoms with Crippen LogP contribution in [0.3, 0.4) is 0 Å². The van der Waals surface area contributed by atoms with Gasteiger partial charge in [-0.1, -0.05) is 6.07 Å². The van der Waals surface area contributed by atoms with Gasteiger partial charge < -0.3 is 10.6 Å². The molecular formula is C13H17N5OS. The Hall–Kier alpha value is -1.60. The maximum Gasteiger partial charge on any atom is 0.238 e. The lowest BCUT2D eigenvalue weighted by molar-refractivity contribution is -0.123. The van der Waals surface area contributed by atoms with Crippen molar-refractivity contribution < 1.29 is 4.79 Å². The number of nitrogens with one attached hydrogen (secondary N) is 2. The highest BCUT2D eigenvalue weighted by Crippen LogP contribution is 2.13. The van der Waals surface area contributed by atoms with Crippen LogP contribution in [0.1, 0.15) is 18.8 Å². The fourth-order valence-corrected chi connectivity index (χ4v) is 3.20. The Labute approximate surface area is 121 Å². The molecule has 6 nitrogen and oxygen atoms in total. The van der Waals surface area contributed by atoms with Gasteiger partial charge >= 0.3 is 0 Å². The van der Waals surface area contributed by atoms with Crippen LogP contribution in [0.2, 0.25) is 0 Å². The van der Waals surface area contributed by atoms with E-state index >= 15 is 0 Å². The lowest BCUT2D eigenvalue weighted by Crippen LogP contribution is -2.49. The number of carbonyl (C=O) groups is 1. The van der Waals surface area contributed by atoms with E-state index in [0.717, 1.165) is 29.5 Å². The van der Waals surface area contributed by atoms with Crippen LogP contribution < -0.4 is 10.6 Å². The summed E-state index contributed by atoms with van der Waals surface area (Å²) in [6.45, 7) is 2.81. The molecule has 0 aromatic carbocycles. The summed E-state index contributed by atoms with van der Waals surface area (Å²) in [4.78, 5) is 12.2. The summed E-state index contributed by atoms with van der Waals surface area (Å²) in [5.41, 5.74) is 0.787. The van der Waals surface area contributed by atoms with Gasteiger partial charge in [0.05, 0.1) is 12.1 Å². The van der Waals surface area contributed by atoms with Crippen molar-refractivity contribution in [1.29, 1.82) is 0 Å². The van der Waals surface area contributed by atoms with Crippen molar-refractivity contribution in [1.82, 2.24) is 25.2 Å². The fraction of sp³-hybridized carbons (Fsp3) is 0.462. The van der Waals surface area contributed by atoms with Crippen molar-refractivity contribution >= 4 is 23.3 Å². The van der Waals surface area contributed by atoms with Crippen LogP contribution >= 0.6 is 11.8 Å². The minimum Gasteiger partial charge on any atom is -0.345 e. The van der Waals surface area contributed by atoms with Gasteiger partial charge in [-0.05, 0) is 19.1 Å². The predicted molar refractivity (Wildman–Crippen MR) is 78.7 cm³/mol. The zero-order valence-corrected chi connectivity index (χ0v) is 12.1. The van der Waals surface area contributed by atoms with E-state index in [1.54, 1.807) is 11.8 Å². The molecule has 3 heterocycles. The van der Waals surface area contributed by atoms with Crippen molar-refractivity contribution in [2.75, 3.05) is 18.1 Å². The van der Waals surface area contributed by atoms with Crippen molar-refractivity contribution in [2.24, 2.45) is 0 Å². The average molecular weight is 291 g/mol. The van der Waals surface area contributed by atoms with Crippen LogP contribution in [0.4, 0.5) is 0 Å². The van der Waals surface area contributed by atoms with Gasteiger partial charge in [-0.15, -0.1) is 10.2 Å². The maximum absolute atomic E-state index is 12.2. The highest BCUT2D eigenvalue weighted by atomic mass is 32.2. The summed E-state index contributed by atoms with van der Waals surface area (Å²) in [5, 5.41) is 14.5. The normalized spacial score (nSPS) is 20.8. The van der Waals surface area contributed by atoms with Crippen LogP contribution in [0.15, 0.2) is 24.4 Å². The van der Waals surface area contributed by atoms with Crippen molar-refractivity contribution in [3.05, 3.63) is 30.2 Å². The third kappa shape index (κ3) is 2.64. The third-order valence-corrected chi connectivity index (χ3v) is 4.39.